The van der Waals surface area contributed by atoms with Crippen LogP contribution in [0.15, 0.2) is 39.9 Å². The fraction of sp³-hybridized carbons (Fsp3) is 0.0833. The highest BCUT2D eigenvalue weighted by molar-refractivity contribution is 9.10. The van der Waals surface area contributed by atoms with Crippen LogP contribution >= 0.6 is 15.9 Å². The number of aromatic nitrogens is 4. The van der Waals surface area contributed by atoms with Gasteiger partial charge in [-0.3, -0.25) is 9.78 Å². The maximum Gasteiger partial charge on any atom is 0.278 e. The molecule has 0 spiro atoms. The third-order valence-electron chi connectivity index (χ3n) is 2.65. The van der Waals surface area contributed by atoms with Crippen molar-refractivity contribution in [3.05, 3.63) is 51.0 Å². The second-order valence-electron chi connectivity index (χ2n) is 4.00. The highest BCUT2D eigenvalue weighted by atomic mass is 79.9. The van der Waals surface area contributed by atoms with Crippen molar-refractivity contribution in [3.8, 4) is 0 Å². The van der Waals surface area contributed by atoms with Gasteiger partial charge in [-0.2, -0.15) is 4.98 Å². The van der Waals surface area contributed by atoms with Crippen molar-refractivity contribution < 1.29 is 0 Å². The maximum atomic E-state index is 11.7. The molecule has 0 amide bonds. The minimum Gasteiger partial charge on any atom is -0.352 e. The quantitative estimate of drug-likeness (QED) is 0.689. The molecule has 0 fully saturated rings. The van der Waals surface area contributed by atoms with E-state index in [1.165, 1.54) is 6.33 Å². The van der Waals surface area contributed by atoms with Crippen molar-refractivity contribution in [2.45, 2.75) is 6.54 Å². The number of nitrogens with one attached hydrogen (secondary N) is 3. The van der Waals surface area contributed by atoms with E-state index in [1.807, 2.05) is 24.3 Å². The number of aromatic amines is 2. The molecule has 0 aliphatic rings. The lowest BCUT2D eigenvalue weighted by molar-refractivity contribution is 1.05. The SMILES string of the molecule is O=c1[nH]c(NCc2cccc(Br)c2)nc2nc[nH]c12. The predicted octanol–water partition coefficient (Wildman–Crippen LogP) is 2.02. The Hall–Kier alpha value is -2.15. The standard InChI is InChI=1S/C12H10BrN5O/c13-8-3-1-2-7(4-8)5-14-12-17-10-9(11(19)18-12)15-6-16-10/h1-4,6H,5H2,(H3,14,15,16,17,18,19). The predicted molar refractivity (Wildman–Crippen MR) is 76.0 cm³/mol. The van der Waals surface area contributed by atoms with E-state index in [-0.39, 0.29) is 5.56 Å². The molecular weight excluding hydrogens is 310 g/mol. The van der Waals surface area contributed by atoms with Gasteiger partial charge < -0.3 is 10.3 Å². The minimum absolute atomic E-state index is 0.237. The summed E-state index contributed by atoms with van der Waals surface area (Å²) < 4.78 is 1.01. The van der Waals surface area contributed by atoms with E-state index in [0.29, 0.717) is 23.7 Å². The van der Waals surface area contributed by atoms with Gasteiger partial charge in [0.1, 0.15) is 0 Å². The molecule has 6 nitrogen and oxygen atoms in total. The van der Waals surface area contributed by atoms with Gasteiger partial charge >= 0.3 is 0 Å². The smallest absolute Gasteiger partial charge is 0.278 e. The van der Waals surface area contributed by atoms with Crippen LogP contribution in [0.25, 0.3) is 11.2 Å². The lowest BCUT2D eigenvalue weighted by Gasteiger charge is -2.05. The summed E-state index contributed by atoms with van der Waals surface area (Å²) in [6.45, 7) is 0.568. The third kappa shape index (κ3) is 2.50. The summed E-state index contributed by atoms with van der Waals surface area (Å²) >= 11 is 3.41. The lowest BCUT2D eigenvalue weighted by atomic mass is 10.2. The van der Waals surface area contributed by atoms with Gasteiger partial charge in [0.15, 0.2) is 11.2 Å². The molecule has 0 saturated carbocycles. The van der Waals surface area contributed by atoms with Crippen molar-refractivity contribution in [1.29, 1.82) is 0 Å². The number of anilines is 1. The molecule has 0 unspecified atom stereocenters. The van der Waals surface area contributed by atoms with E-state index in [0.717, 1.165) is 10.0 Å². The summed E-state index contributed by atoms with van der Waals surface area (Å²) in [5, 5.41) is 3.07. The largest absolute Gasteiger partial charge is 0.352 e. The molecule has 1 aromatic carbocycles. The summed E-state index contributed by atoms with van der Waals surface area (Å²) in [6.07, 6.45) is 1.45. The highest BCUT2D eigenvalue weighted by Crippen LogP contribution is 2.12. The number of hydrogen-bond acceptors (Lipinski definition) is 4. The second-order valence-corrected chi connectivity index (χ2v) is 4.91. The first-order valence-electron chi connectivity index (χ1n) is 5.64. The first-order chi connectivity index (χ1) is 9.22. The Morgan fingerprint density at radius 2 is 2.26 bits per heavy atom. The molecule has 3 rings (SSSR count). The van der Waals surface area contributed by atoms with Crippen LogP contribution in [-0.2, 0) is 6.54 Å². The van der Waals surface area contributed by atoms with Crippen LogP contribution in [0.1, 0.15) is 5.56 Å². The van der Waals surface area contributed by atoms with Crippen LogP contribution in [0.5, 0.6) is 0 Å². The van der Waals surface area contributed by atoms with Gasteiger partial charge in [-0.25, -0.2) is 4.98 Å². The van der Waals surface area contributed by atoms with E-state index in [4.69, 9.17) is 0 Å². The van der Waals surface area contributed by atoms with E-state index < -0.39 is 0 Å². The maximum absolute atomic E-state index is 11.7. The van der Waals surface area contributed by atoms with Crippen LogP contribution in [0.2, 0.25) is 0 Å². The Labute approximate surface area is 116 Å². The summed E-state index contributed by atoms with van der Waals surface area (Å²) in [6, 6.07) is 7.90. The van der Waals surface area contributed by atoms with Crippen LogP contribution in [-0.4, -0.2) is 19.9 Å². The van der Waals surface area contributed by atoms with Crippen LogP contribution in [0, 0.1) is 0 Å². The minimum atomic E-state index is -0.237. The third-order valence-corrected chi connectivity index (χ3v) is 3.14. The van der Waals surface area contributed by atoms with Gasteiger partial charge in [0.2, 0.25) is 5.95 Å². The molecule has 0 aliphatic carbocycles. The molecule has 3 N–H and O–H groups in total. The molecule has 0 saturated heterocycles. The Morgan fingerprint density at radius 1 is 1.37 bits per heavy atom. The van der Waals surface area contributed by atoms with Crippen molar-refractivity contribution in [2.24, 2.45) is 0 Å². The number of hydrogen-bond donors (Lipinski definition) is 3. The lowest BCUT2D eigenvalue weighted by Crippen LogP contribution is -2.13. The zero-order chi connectivity index (χ0) is 13.2. The molecule has 2 aromatic heterocycles. The number of benzene rings is 1. The van der Waals surface area contributed by atoms with Crippen LogP contribution in [0.3, 0.4) is 0 Å². The molecular formula is C12H10BrN5O. The molecule has 19 heavy (non-hydrogen) atoms. The number of H-pyrrole nitrogens is 2. The van der Waals surface area contributed by atoms with E-state index in [2.05, 4.69) is 41.2 Å². The molecule has 3 aromatic rings. The number of imidazole rings is 1. The summed E-state index contributed by atoms with van der Waals surface area (Å²) in [5.41, 5.74) is 1.63. The van der Waals surface area contributed by atoms with E-state index in [9.17, 15) is 4.79 Å². The zero-order valence-corrected chi connectivity index (χ0v) is 11.4. The van der Waals surface area contributed by atoms with E-state index in [1.54, 1.807) is 0 Å². The Balaban J connectivity index is 1.83. The molecule has 7 heteroatoms. The fourth-order valence-electron chi connectivity index (χ4n) is 1.76. The summed E-state index contributed by atoms with van der Waals surface area (Å²) in [5.74, 6) is 0.407. The fourth-order valence-corrected chi connectivity index (χ4v) is 2.21. The zero-order valence-electron chi connectivity index (χ0n) is 9.77. The van der Waals surface area contributed by atoms with Gasteiger partial charge in [0.05, 0.1) is 6.33 Å². The van der Waals surface area contributed by atoms with Crippen molar-refractivity contribution in [2.75, 3.05) is 5.32 Å². The van der Waals surface area contributed by atoms with Gasteiger partial charge in [0.25, 0.3) is 5.56 Å². The number of halogens is 1. The molecule has 2 heterocycles. The molecule has 0 bridgehead atoms. The monoisotopic (exact) mass is 319 g/mol. The van der Waals surface area contributed by atoms with Crippen molar-refractivity contribution in [3.63, 3.8) is 0 Å². The van der Waals surface area contributed by atoms with Crippen LogP contribution < -0.4 is 10.9 Å². The topological polar surface area (TPSA) is 86.5 Å². The van der Waals surface area contributed by atoms with Gasteiger partial charge in [-0.1, -0.05) is 28.1 Å². The second kappa shape index (κ2) is 4.85. The van der Waals surface area contributed by atoms with E-state index >= 15 is 0 Å². The number of rotatable bonds is 3. The first kappa shape index (κ1) is 11.9. The number of nitrogens with zero attached hydrogens (tertiary/aromatic N) is 2. The average molecular weight is 320 g/mol. The summed E-state index contributed by atoms with van der Waals surface area (Å²) in [7, 11) is 0. The number of fused-ring (bicyclic) bond motifs is 1. The first-order valence-corrected chi connectivity index (χ1v) is 6.43. The summed E-state index contributed by atoms with van der Waals surface area (Å²) in [4.78, 5) is 25.3. The van der Waals surface area contributed by atoms with Gasteiger partial charge in [0, 0.05) is 11.0 Å². The molecule has 96 valence electrons. The highest BCUT2D eigenvalue weighted by Gasteiger charge is 2.05. The average Bonchev–Trinajstić information content (AvgIpc) is 2.85. The normalized spacial score (nSPS) is 10.8. The molecule has 0 aliphatic heterocycles. The van der Waals surface area contributed by atoms with Crippen LogP contribution in [0.4, 0.5) is 5.95 Å². The molecule has 0 atom stereocenters. The van der Waals surface area contributed by atoms with Crippen molar-refractivity contribution >= 4 is 33.0 Å². The van der Waals surface area contributed by atoms with Gasteiger partial charge in [-0.05, 0) is 17.7 Å². The molecule has 0 radical (unpaired) electrons. The Kier molecular flexibility index (Phi) is 3.04. The Morgan fingerprint density at radius 3 is 3.11 bits per heavy atom. The van der Waals surface area contributed by atoms with Gasteiger partial charge in [-0.15, -0.1) is 0 Å². The van der Waals surface area contributed by atoms with Crippen molar-refractivity contribution in [1.82, 2.24) is 19.9 Å². The Bertz CT molecular complexity index is 779.